The summed E-state index contributed by atoms with van der Waals surface area (Å²) in [7, 11) is 0. The summed E-state index contributed by atoms with van der Waals surface area (Å²) in [5.41, 5.74) is 8.70. The first-order valence-corrected chi connectivity index (χ1v) is 9.50. The SMILES string of the molecule is CCOC(=O)C(Cc1ccc(F)cc1)NC(=O)[C@@H](N)Cc1c[nH]c2ccccc12. The van der Waals surface area contributed by atoms with Gasteiger partial charge in [-0.1, -0.05) is 30.3 Å². The van der Waals surface area contributed by atoms with Gasteiger partial charge >= 0.3 is 5.97 Å². The van der Waals surface area contributed by atoms with Crippen LogP contribution < -0.4 is 11.1 Å². The van der Waals surface area contributed by atoms with Gasteiger partial charge in [0, 0.05) is 23.5 Å². The smallest absolute Gasteiger partial charge is 0.328 e. The second-order valence-electron chi connectivity index (χ2n) is 6.81. The Morgan fingerprint density at radius 3 is 2.59 bits per heavy atom. The zero-order valence-electron chi connectivity index (χ0n) is 16.2. The molecule has 152 valence electrons. The van der Waals surface area contributed by atoms with Crippen molar-refractivity contribution in [2.75, 3.05) is 6.61 Å². The number of nitrogens with one attached hydrogen (secondary N) is 2. The molecule has 1 unspecified atom stereocenters. The van der Waals surface area contributed by atoms with Gasteiger partial charge in [-0.25, -0.2) is 9.18 Å². The largest absolute Gasteiger partial charge is 0.464 e. The molecule has 2 aromatic carbocycles. The van der Waals surface area contributed by atoms with E-state index in [0.717, 1.165) is 16.5 Å². The fourth-order valence-electron chi connectivity index (χ4n) is 3.20. The molecular formula is C22H24FN3O3. The second-order valence-corrected chi connectivity index (χ2v) is 6.81. The molecule has 0 aliphatic rings. The number of rotatable bonds is 8. The standard InChI is InChI=1S/C22H24FN3O3/c1-2-29-22(28)20(11-14-7-9-16(23)10-8-14)26-21(27)18(24)12-15-13-25-19-6-4-3-5-17(15)19/h3-10,13,18,20,25H,2,11-12,24H2,1H3,(H,26,27)/t18-,20?/m0/s1. The van der Waals surface area contributed by atoms with Crippen LogP contribution in [-0.4, -0.2) is 35.6 Å². The first-order chi connectivity index (χ1) is 14.0. The van der Waals surface area contributed by atoms with E-state index < -0.39 is 24.0 Å². The molecule has 3 rings (SSSR count). The lowest BCUT2D eigenvalue weighted by Crippen LogP contribution is -2.50. The van der Waals surface area contributed by atoms with E-state index in [0.29, 0.717) is 12.0 Å². The van der Waals surface area contributed by atoms with Crippen LogP contribution in [0.2, 0.25) is 0 Å². The predicted octanol–water partition coefficient (Wildman–Crippen LogP) is 2.47. The number of aromatic amines is 1. The maximum Gasteiger partial charge on any atom is 0.328 e. The molecular weight excluding hydrogens is 373 g/mol. The van der Waals surface area contributed by atoms with Crippen LogP contribution in [0.25, 0.3) is 10.9 Å². The molecule has 4 N–H and O–H groups in total. The molecule has 7 heteroatoms. The minimum atomic E-state index is -0.901. The highest BCUT2D eigenvalue weighted by Crippen LogP contribution is 2.19. The Labute approximate surface area is 168 Å². The monoisotopic (exact) mass is 397 g/mol. The van der Waals surface area contributed by atoms with Crippen LogP contribution in [-0.2, 0) is 27.2 Å². The van der Waals surface area contributed by atoms with E-state index in [4.69, 9.17) is 10.5 Å². The van der Waals surface area contributed by atoms with Crippen LogP contribution in [0.15, 0.2) is 54.7 Å². The Balaban J connectivity index is 1.69. The molecule has 0 spiro atoms. The topological polar surface area (TPSA) is 97.2 Å². The number of H-pyrrole nitrogens is 1. The number of hydrogen-bond acceptors (Lipinski definition) is 4. The number of hydrogen-bond donors (Lipinski definition) is 3. The van der Waals surface area contributed by atoms with Gasteiger partial charge in [-0.3, -0.25) is 4.79 Å². The van der Waals surface area contributed by atoms with E-state index in [-0.39, 0.29) is 18.8 Å². The van der Waals surface area contributed by atoms with Gasteiger partial charge < -0.3 is 20.8 Å². The van der Waals surface area contributed by atoms with Crippen molar-refractivity contribution in [3.05, 3.63) is 71.7 Å². The molecule has 0 aliphatic heterocycles. The van der Waals surface area contributed by atoms with Crippen molar-refractivity contribution >= 4 is 22.8 Å². The van der Waals surface area contributed by atoms with E-state index in [9.17, 15) is 14.0 Å². The van der Waals surface area contributed by atoms with Gasteiger partial charge in [0.15, 0.2) is 0 Å². The van der Waals surface area contributed by atoms with E-state index in [1.807, 2.05) is 30.5 Å². The summed E-state index contributed by atoms with van der Waals surface area (Å²) in [4.78, 5) is 28.1. The summed E-state index contributed by atoms with van der Waals surface area (Å²) >= 11 is 0. The number of para-hydroxylation sites is 1. The van der Waals surface area contributed by atoms with Crippen LogP contribution in [0.4, 0.5) is 4.39 Å². The lowest BCUT2D eigenvalue weighted by atomic mass is 10.0. The average molecular weight is 397 g/mol. The van der Waals surface area contributed by atoms with Crippen molar-refractivity contribution in [1.82, 2.24) is 10.3 Å². The van der Waals surface area contributed by atoms with Gasteiger partial charge in [-0.15, -0.1) is 0 Å². The van der Waals surface area contributed by atoms with Gasteiger partial charge in [0.1, 0.15) is 11.9 Å². The fourth-order valence-corrected chi connectivity index (χ4v) is 3.20. The quantitative estimate of drug-likeness (QED) is 0.509. The average Bonchev–Trinajstić information content (AvgIpc) is 3.12. The Bertz CT molecular complexity index is 984. The van der Waals surface area contributed by atoms with Gasteiger partial charge in [0.05, 0.1) is 12.6 Å². The first-order valence-electron chi connectivity index (χ1n) is 9.50. The van der Waals surface area contributed by atoms with Crippen LogP contribution in [0, 0.1) is 5.82 Å². The molecule has 0 radical (unpaired) electrons. The summed E-state index contributed by atoms with van der Waals surface area (Å²) in [5.74, 6) is -1.37. The summed E-state index contributed by atoms with van der Waals surface area (Å²) in [6, 6.07) is 11.8. The van der Waals surface area contributed by atoms with Crippen molar-refractivity contribution < 1.29 is 18.7 Å². The maximum atomic E-state index is 13.1. The zero-order chi connectivity index (χ0) is 20.8. The number of fused-ring (bicyclic) bond motifs is 1. The summed E-state index contributed by atoms with van der Waals surface area (Å²) in [5, 5.41) is 3.69. The number of halogens is 1. The van der Waals surface area contributed by atoms with E-state index >= 15 is 0 Å². The number of aromatic nitrogens is 1. The van der Waals surface area contributed by atoms with Gasteiger partial charge in [0.2, 0.25) is 5.91 Å². The molecule has 1 heterocycles. The van der Waals surface area contributed by atoms with E-state index in [1.54, 1.807) is 19.1 Å². The van der Waals surface area contributed by atoms with Crippen LogP contribution >= 0.6 is 0 Å². The number of benzene rings is 2. The third-order valence-corrected chi connectivity index (χ3v) is 4.69. The Morgan fingerprint density at radius 2 is 1.86 bits per heavy atom. The molecule has 0 saturated heterocycles. The van der Waals surface area contributed by atoms with Crippen LogP contribution in [0.5, 0.6) is 0 Å². The molecule has 1 aromatic heterocycles. The Morgan fingerprint density at radius 1 is 1.14 bits per heavy atom. The third-order valence-electron chi connectivity index (χ3n) is 4.69. The summed E-state index contributed by atoms with van der Waals surface area (Å²) in [6.07, 6.45) is 2.34. The molecule has 1 amide bonds. The van der Waals surface area contributed by atoms with Crippen molar-refractivity contribution in [2.24, 2.45) is 5.73 Å². The normalized spacial score (nSPS) is 13.1. The Kier molecular flexibility index (Phi) is 6.61. The molecule has 29 heavy (non-hydrogen) atoms. The first kappa shape index (κ1) is 20.5. The van der Waals surface area contributed by atoms with E-state index in [2.05, 4.69) is 10.3 Å². The number of nitrogens with two attached hydrogens (primary N) is 1. The van der Waals surface area contributed by atoms with Crippen molar-refractivity contribution in [3.8, 4) is 0 Å². The molecule has 0 fully saturated rings. The fraction of sp³-hybridized carbons (Fsp3) is 0.273. The minimum absolute atomic E-state index is 0.185. The molecule has 2 atom stereocenters. The maximum absolute atomic E-state index is 13.1. The van der Waals surface area contributed by atoms with Gasteiger partial charge in [-0.05, 0) is 42.7 Å². The molecule has 0 saturated carbocycles. The molecule has 0 bridgehead atoms. The van der Waals surface area contributed by atoms with Crippen LogP contribution in [0.1, 0.15) is 18.1 Å². The van der Waals surface area contributed by atoms with Crippen LogP contribution in [0.3, 0.4) is 0 Å². The number of amides is 1. The Hall–Kier alpha value is -3.19. The number of ether oxygens (including phenoxy) is 1. The van der Waals surface area contributed by atoms with Gasteiger partial charge in [0.25, 0.3) is 0 Å². The van der Waals surface area contributed by atoms with Gasteiger partial charge in [-0.2, -0.15) is 0 Å². The number of carbonyl (C=O) groups is 2. The third kappa shape index (κ3) is 5.20. The summed E-state index contributed by atoms with van der Waals surface area (Å²) in [6.45, 7) is 1.88. The second kappa shape index (κ2) is 9.34. The number of esters is 1. The molecule has 0 aliphatic carbocycles. The van der Waals surface area contributed by atoms with Crippen molar-refractivity contribution in [3.63, 3.8) is 0 Å². The minimum Gasteiger partial charge on any atom is -0.464 e. The highest BCUT2D eigenvalue weighted by molar-refractivity contribution is 5.89. The highest BCUT2D eigenvalue weighted by Gasteiger charge is 2.25. The summed E-state index contributed by atoms with van der Waals surface area (Å²) < 4.78 is 18.2. The molecule has 6 nitrogen and oxygen atoms in total. The highest BCUT2D eigenvalue weighted by atomic mass is 19.1. The predicted molar refractivity (Wildman–Crippen MR) is 109 cm³/mol. The number of carbonyl (C=O) groups excluding carboxylic acids is 2. The zero-order valence-corrected chi connectivity index (χ0v) is 16.2. The van der Waals surface area contributed by atoms with E-state index in [1.165, 1.54) is 12.1 Å². The van der Waals surface area contributed by atoms with Crippen molar-refractivity contribution in [2.45, 2.75) is 31.8 Å². The lowest BCUT2D eigenvalue weighted by Gasteiger charge is -2.20. The molecule has 3 aromatic rings. The van der Waals surface area contributed by atoms with Crippen molar-refractivity contribution in [1.29, 1.82) is 0 Å². The lowest BCUT2D eigenvalue weighted by molar-refractivity contribution is -0.147.